The summed E-state index contributed by atoms with van der Waals surface area (Å²) in [6, 6.07) is 7.27. The topological polar surface area (TPSA) is 111 Å². The van der Waals surface area contributed by atoms with Crippen molar-refractivity contribution in [2.75, 3.05) is 91.1 Å². The van der Waals surface area contributed by atoms with Gasteiger partial charge in [-0.05, 0) is 37.1 Å². The number of hydrogen-bond donors (Lipinski definition) is 1. The summed E-state index contributed by atoms with van der Waals surface area (Å²) < 4.78 is 37.2. The zero-order valence-electron chi connectivity index (χ0n) is 22.5. The van der Waals surface area contributed by atoms with Crippen LogP contribution < -0.4 is 5.32 Å². The Balaban J connectivity index is 1.81. The van der Waals surface area contributed by atoms with Crippen molar-refractivity contribution in [1.82, 2.24) is 0 Å². The van der Waals surface area contributed by atoms with Crippen LogP contribution in [0.5, 0.6) is 0 Å². The maximum Gasteiger partial charge on any atom is 0.338 e. The van der Waals surface area contributed by atoms with E-state index in [2.05, 4.69) is 12.2 Å². The third-order valence-electron chi connectivity index (χ3n) is 4.87. The Morgan fingerprint density at radius 3 is 1.54 bits per heavy atom. The van der Waals surface area contributed by atoms with Crippen molar-refractivity contribution in [1.29, 1.82) is 0 Å². The highest BCUT2D eigenvalue weighted by atomic mass is 16.6. The molecule has 10 nitrogen and oxygen atoms in total. The summed E-state index contributed by atoms with van der Waals surface area (Å²) >= 11 is 0. The highest BCUT2D eigenvalue weighted by Crippen LogP contribution is 2.10. The number of ether oxygens (including phenoxy) is 7. The Bertz CT molecular complexity index is 685. The van der Waals surface area contributed by atoms with E-state index in [0.29, 0.717) is 78.1 Å². The first-order chi connectivity index (χ1) is 18.2. The Labute approximate surface area is 221 Å². The van der Waals surface area contributed by atoms with Gasteiger partial charge in [-0.1, -0.05) is 20.3 Å². The molecule has 0 fully saturated rings. The number of nitrogens with one attached hydrogen (secondary N) is 1. The largest absolute Gasteiger partial charge is 0.463 e. The molecule has 0 unspecified atom stereocenters. The molecule has 0 heterocycles. The molecule has 0 aromatic heterocycles. The van der Waals surface area contributed by atoms with E-state index >= 15 is 0 Å². The Hall–Kier alpha value is -2.24. The monoisotopic (exact) mass is 527 g/mol. The summed E-state index contributed by atoms with van der Waals surface area (Å²) in [6.07, 6.45) is 3.47. The molecule has 212 valence electrons. The summed E-state index contributed by atoms with van der Waals surface area (Å²) in [4.78, 5) is 23.2. The van der Waals surface area contributed by atoms with E-state index in [-0.39, 0.29) is 25.2 Å². The van der Waals surface area contributed by atoms with Crippen LogP contribution in [0.4, 0.5) is 5.69 Å². The van der Waals surface area contributed by atoms with E-state index < -0.39 is 0 Å². The van der Waals surface area contributed by atoms with Gasteiger partial charge in [0.2, 0.25) is 0 Å². The first-order valence-corrected chi connectivity index (χ1v) is 13.2. The second kappa shape index (κ2) is 24.1. The van der Waals surface area contributed by atoms with E-state index in [1.807, 2.05) is 19.1 Å². The van der Waals surface area contributed by atoms with Crippen molar-refractivity contribution in [3.05, 3.63) is 29.8 Å². The summed E-state index contributed by atoms with van der Waals surface area (Å²) in [5.41, 5.74) is 1.51. The lowest BCUT2D eigenvalue weighted by molar-refractivity contribution is -0.145. The molecule has 0 radical (unpaired) electrons. The summed E-state index contributed by atoms with van der Waals surface area (Å²) in [7, 11) is 0. The minimum absolute atomic E-state index is 0.190. The van der Waals surface area contributed by atoms with Gasteiger partial charge in [-0.2, -0.15) is 0 Å². The Morgan fingerprint density at radius 1 is 0.622 bits per heavy atom. The Morgan fingerprint density at radius 2 is 1.08 bits per heavy atom. The van der Waals surface area contributed by atoms with Crippen LogP contribution in [0.2, 0.25) is 0 Å². The van der Waals surface area contributed by atoms with Gasteiger partial charge in [0.05, 0.1) is 71.6 Å². The van der Waals surface area contributed by atoms with Crippen molar-refractivity contribution < 1.29 is 42.7 Å². The van der Waals surface area contributed by atoms with Crippen LogP contribution >= 0.6 is 0 Å². The van der Waals surface area contributed by atoms with E-state index in [4.69, 9.17) is 33.2 Å². The third-order valence-corrected chi connectivity index (χ3v) is 4.87. The molecule has 0 aliphatic carbocycles. The number of benzene rings is 1. The zero-order valence-corrected chi connectivity index (χ0v) is 22.5. The Kier molecular flexibility index (Phi) is 21.4. The maximum atomic E-state index is 12.1. The second-order valence-electron chi connectivity index (χ2n) is 8.03. The molecule has 0 atom stereocenters. The molecule has 0 aliphatic heterocycles. The van der Waals surface area contributed by atoms with E-state index in [1.165, 1.54) is 0 Å². The smallest absolute Gasteiger partial charge is 0.338 e. The molecular weight excluding hydrogens is 482 g/mol. The lowest BCUT2D eigenvalue weighted by atomic mass is 10.2. The molecule has 0 amide bonds. The first-order valence-electron chi connectivity index (χ1n) is 13.2. The lowest BCUT2D eigenvalue weighted by Gasteiger charge is -2.09. The van der Waals surface area contributed by atoms with Crippen molar-refractivity contribution >= 4 is 17.6 Å². The van der Waals surface area contributed by atoms with Crippen LogP contribution in [0.3, 0.4) is 0 Å². The van der Waals surface area contributed by atoms with Crippen LogP contribution in [0.1, 0.15) is 49.9 Å². The molecule has 37 heavy (non-hydrogen) atoms. The van der Waals surface area contributed by atoms with Crippen LogP contribution in [-0.4, -0.2) is 97.8 Å². The highest BCUT2D eigenvalue weighted by Gasteiger charge is 2.06. The second-order valence-corrected chi connectivity index (χ2v) is 8.03. The number of rotatable bonds is 25. The number of unbranched alkanes of at least 4 members (excludes halogenated alkanes) is 1. The minimum Gasteiger partial charge on any atom is -0.463 e. The van der Waals surface area contributed by atoms with Gasteiger partial charge in [0.15, 0.2) is 0 Å². The van der Waals surface area contributed by atoms with Gasteiger partial charge in [-0.3, -0.25) is 4.79 Å². The molecule has 0 saturated carbocycles. The average Bonchev–Trinajstić information content (AvgIpc) is 2.90. The standard InChI is InChI=1S/C27H45NO9/c1-3-5-11-28-25-9-7-24(8-10-25)27(30)37-23-21-35-19-17-33-15-13-31-12-14-32-16-18-34-20-22-36-26(29)6-4-2/h7-10,28H,3-6,11-23H2,1-2H3. The van der Waals surface area contributed by atoms with Gasteiger partial charge < -0.3 is 38.5 Å². The van der Waals surface area contributed by atoms with Crippen molar-refractivity contribution in [2.45, 2.75) is 39.5 Å². The zero-order chi connectivity index (χ0) is 26.8. The molecule has 1 aromatic carbocycles. The summed E-state index contributed by atoms with van der Waals surface area (Å²) in [5, 5.41) is 3.31. The SMILES string of the molecule is CCCCNc1ccc(C(=O)OCCOCCOCCOCCOCCOCCOC(=O)CCC)cc1. The van der Waals surface area contributed by atoms with Gasteiger partial charge >= 0.3 is 11.9 Å². The van der Waals surface area contributed by atoms with Gasteiger partial charge in [-0.15, -0.1) is 0 Å². The summed E-state index contributed by atoms with van der Waals surface area (Å²) in [6.45, 7) is 9.75. The van der Waals surface area contributed by atoms with Crippen LogP contribution in [0.25, 0.3) is 0 Å². The van der Waals surface area contributed by atoms with Gasteiger partial charge in [-0.25, -0.2) is 4.79 Å². The predicted octanol–water partition coefficient (Wildman–Crippen LogP) is 3.48. The molecule has 0 aliphatic rings. The molecule has 0 bridgehead atoms. The van der Waals surface area contributed by atoms with E-state index in [1.54, 1.807) is 12.1 Å². The third kappa shape index (κ3) is 19.5. The van der Waals surface area contributed by atoms with Crippen LogP contribution in [-0.2, 0) is 38.0 Å². The summed E-state index contributed by atoms with van der Waals surface area (Å²) in [5.74, 6) is -0.555. The predicted molar refractivity (Wildman–Crippen MR) is 140 cm³/mol. The minimum atomic E-state index is -0.362. The molecule has 0 saturated heterocycles. The molecule has 1 rings (SSSR count). The average molecular weight is 528 g/mol. The number of esters is 2. The quantitative estimate of drug-likeness (QED) is 0.150. The fourth-order valence-corrected chi connectivity index (χ4v) is 2.88. The highest BCUT2D eigenvalue weighted by molar-refractivity contribution is 5.89. The van der Waals surface area contributed by atoms with E-state index in [0.717, 1.165) is 31.5 Å². The van der Waals surface area contributed by atoms with Crippen molar-refractivity contribution in [3.8, 4) is 0 Å². The molecule has 1 aromatic rings. The number of carbonyl (C=O) groups is 2. The first kappa shape index (κ1) is 32.8. The molecular formula is C27H45NO9. The fourth-order valence-electron chi connectivity index (χ4n) is 2.88. The van der Waals surface area contributed by atoms with E-state index in [9.17, 15) is 9.59 Å². The number of carbonyl (C=O) groups excluding carboxylic acids is 2. The van der Waals surface area contributed by atoms with Crippen LogP contribution in [0, 0.1) is 0 Å². The van der Waals surface area contributed by atoms with Gasteiger partial charge in [0.1, 0.15) is 13.2 Å². The van der Waals surface area contributed by atoms with Gasteiger partial charge in [0, 0.05) is 18.7 Å². The molecule has 1 N–H and O–H groups in total. The fraction of sp³-hybridized carbons (Fsp3) is 0.704. The van der Waals surface area contributed by atoms with Crippen LogP contribution in [0.15, 0.2) is 24.3 Å². The maximum absolute atomic E-state index is 12.1. The number of hydrogen-bond acceptors (Lipinski definition) is 10. The molecule has 0 spiro atoms. The lowest BCUT2D eigenvalue weighted by Crippen LogP contribution is -2.15. The van der Waals surface area contributed by atoms with Crippen molar-refractivity contribution in [3.63, 3.8) is 0 Å². The molecule has 10 heteroatoms. The normalized spacial score (nSPS) is 10.9. The van der Waals surface area contributed by atoms with Crippen molar-refractivity contribution in [2.24, 2.45) is 0 Å². The number of anilines is 1. The van der Waals surface area contributed by atoms with Gasteiger partial charge in [0.25, 0.3) is 0 Å².